The zero-order valence-electron chi connectivity index (χ0n) is 11.9. The number of hydrogen-bond acceptors (Lipinski definition) is 5. The van der Waals surface area contributed by atoms with E-state index in [1.165, 1.54) is 0 Å². The molecule has 1 aliphatic heterocycles. The normalized spacial score (nSPS) is 18.0. The van der Waals surface area contributed by atoms with E-state index in [1.807, 2.05) is 24.3 Å². The van der Waals surface area contributed by atoms with E-state index in [4.69, 9.17) is 0 Å². The first kappa shape index (κ1) is 12.9. The van der Waals surface area contributed by atoms with Crippen LogP contribution in [0.5, 0.6) is 0 Å². The smallest absolute Gasteiger partial charge is 0.258 e. The second-order valence-corrected chi connectivity index (χ2v) is 5.39. The summed E-state index contributed by atoms with van der Waals surface area (Å²) in [6.07, 6.45) is 5.27. The van der Waals surface area contributed by atoms with Gasteiger partial charge in [0.25, 0.3) is 5.56 Å². The molecular formula is C16H15N5O. The molecule has 0 aliphatic carbocycles. The molecule has 22 heavy (non-hydrogen) atoms. The van der Waals surface area contributed by atoms with Crippen LogP contribution in [-0.4, -0.2) is 26.5 Å². The van der Waals surface area contributed by atoms with E-state index < -0.39 is 0 Å². The van der Waals surface area contributed by atoms with Crippen molar-refractivity contribution in [2.75, 3.05) is 11.4 Å². The standard InChI is InChI=1S/C16H15N5O/c22-16-11-4-1-2-5-12(11)19-15(20-16)13-6-3-9-21(13)14-7-8-17-10-18-14/h1-2,4-5,7-8,10,13H,3,6,9H2,(H,19,20,22). The van der Waals surface area contributed by atoms with Crippen molar-refractivity contribution in [1.29, 1.82) is 0 Å². The van der Waals surface area contributed by atoms with Crippen LogP contribution >= 0.6 is 0 Å². The van der Waals surface area contributed by atoms with Gasteiger partial charge < -0.3 is 9.88 Å². The number of H-pyrrole nitrogens is 1. The number of fused-ring (bicyclic) bond motifs is 1. The SMILES string of the molecule is O=c1[nH]c(C2CCCN2c2ccncn2)nc2ccccc12. The number of aromatic amines is 1. The quantitative estimate of drug-likeness (QED) is 0.782. The van der Waals surface area contributed by atoms with E-state index in [-0.39, 0.29) is 11.6 Å². The molecule has 110 valence electrons. The van der Waals surface area contributed by atoms with Crippen molar-refractivity contribution in [2.24, 2.45) is 0 Å². The largest absolute Gasteiger partial charge is 0.346 e. The van der Waals surface area contributed by atoms with Crippen molar-refractivity contribution in [3.05, 3.63) is 59.0 Å². The van der Waals surface area contributed by atoms with Crippen molar-refractivity contribution in [2.45, 2.75) is 18.9 Å². The summed E-state index contributed by atoms with van der Waals surface area (Å²) in [5.41, 5.74) is 0.644. The Morgan fingerprint density at radius 3 is 3.00 bits per heavy atom. The second-order valence-electron chi connectivity index (χ2n) is 5.39. The van der Waals surface area contributed by atoms with Crippen LogP contribution in [0.3, 0.4) is 0 Å². The summed E-state index contributed by atoms with van der Waals surface area (Å²) in [4.78, 5) is 30.3. The van der Waals surface area contributed by atoms with E-state index >= 15 is 0 Å². The Balaban J connectivity index is 1.79. The summed E-state index contributed by atoms with van der Waals surface area (Å²) >= 11 is 0. The predicted molar refractivity (Wildman–Crippen MR) is 83.7 cm³/mol. The van der Waals surface area contributed by atoms with Crippen LogP contribution in [0.15, 0.2) is 47.7 Å². The summed E-state index contributed by atoms with van der Waals surface area (Å²) in [5, 5.41) is 0.623. The molecule has 1 atom stereocenters. The lowest BCUT2D eigenvalue weighted by atomic mass is 10.2. The molecule has 6 nitrogen and oxygen atoms in total. The van der Waals surface area contributed by atoms with Gasteiger partial charge in [-0.1, -0.05) is 12.1 Å². The molecule has 1 saturated heterocycles. The molecule has 6 heteroatoms. The van der Waals surface area contributed by atoms with Gasteiger partial charge in [-0.15, -0.1) is 0 Å². The number of nitrogens with one attached hydrogen (secondary N) is 1. The first-order chi connectivity index (χ1) is 10.8. The van der Waals surface area contributed by atoms with Crippen LogP contribution in [0.25, 0.3) is 10.9 Å². The molecule has 0 amide bonds. The van der Waals surface area contributed by atoms with Crippen LogP contribution in [0.4, 0.5) is 5.82 Å². The average molecular weight is 293 g/mol. The molecule has 1 unspecified atom stereocenters. The van der Waals surface area contributed by atoms with E-state index in [1.54, 1.807) is 18.6 Å². The first-order valence-electron chi connectivity index (χ1n) is 7.34. The molecule has 0 bridgehead atoms. The Bertz CT molecular complexity index is 861. The van der Waals surface area contributed by atoms with Gasteiger partial charge in [0.2, 0.25) is 0 Å². The average Bonchev–Trinajstić information content (AvgIpc) is 3.05. The first-order valence-corrected chi connectivity index (χ1v) is 7.34. The zero-order chi connectivity index (χ0) is 14.9. The summed E-state index contributed by atoms with van der Waals surface area (Å²) < 4.78 is 0. The molecule has 1 N–H and O–H groups in total. The van der Waals surface area contributed by atoms with Gasteiger partial charge in [-0.3, -0.25) is 4.79 Å². The Labute approximate surface area is 126 Å². The zero-order valence-corrected chi connectivity index (χ0v) is 11.9. The third-order valence-electron chi connectivity index (χ3n) is 4.06. The van der Waals surface area contributed by atoms with Crippen LogP contribution < -0.4 is 10.5 Å². The van der Waals surface area contributed by atoms with Gasteiger partial charge >= 0.3 is 0 Å². The maximum Gasteiger partial charge on any atom is 0.258 e. The highest BCUT2D eigenvalue weighted by atomic mass is 16.1. The molecule has 1 aromatic carbocycles. The van der Waals surface area contributed by atoms with Crippen LogP contribution in [-0.2, 0) is 0 Å². The second kappa shape index (κ2) is 5.22. The molecule has 1 aliphatic rings. The summed E-state index contributed by atoms with van der Waals surface area (Å²) in [7, 11) is 0. The molecule has 3 aromatic rings. The van der Waals surface area contributed by atoms with E-state index in [0.717, 1.165) is 30.7 Å². The highest BCUT2D eigenvalue weighted by Gasteiger charge is 2.29. The Morgan fingerprint density at radius 2 is 2.14 bits per heavy atom. The Hall–Kier alpha value is -2.76. The minimum Gasteiger partial charge on any atom is -0.346 e. The molecule has 1 fully saturated rings. The van der Waals surface area contributed by atoms with E-state index in [2.05, 4.69) is 24.8 Å². The summed E-state index contributed by atoms with van der Waals surface area (Å²) in [6.45, 7) is 0.901. The highest BCUT2D eigenvalue weighted by molar-refractivity contribution is 5.77. The highest BCUT2D eigenvalue weighted by Crippen LogP contribution is 2.33. The molecule has 2 aromatic heterocycles. The molecular weight excluding hydrogens is 278 g/mol. The number of aromatic nitrogens is 4. The van der Waals surface area contributed by atoms with Crippen molar-refractivity contribution in [3.63, 3.8) is 0 Å². The van der Waals surface area contributed by atoms with Crippen LogP contribution in [0.2, 0.25) is 0 Å². The molecule has 0 spiro atoms. The lowest BCUT2D eigenvalue weighted by Crippen LogP contribution is -2.27. The number of para-hydroxylation sites is 1. The Morgan fingerprint density at radius 1 is 1.23 bits per heavy atom. The topological polar surface area (TPSA) is 74.8 Å². The number of anilines is 1. The number of nitrogens with zero attached hydrogens (tertiary/aromatic N) is 4. The van der Waals surface area contributed by atoms with E-state index in [0.29, 0.717) is 11.2 Å². The molecule has 4 rings (SSSR count). The molecule has 0 saturated carbocycles. The van der Waals surface area contributed by atoms with Gasteiger partial charge in [-0.05, 0) is 31.0 Å². The number of hydrogen-bond donors (Lipinski definition) is 1. The van der Waals surface area contributed by atoms with Crippen molar-refractivity contribution >= 4 is 16.7 Å². The number of rotatable bonds is 2. The fourth-order valence-corrected chi connectivity index (χ4v) is 3.04. The lowest BCUT2D eigenvalue weighted by Gasteiger charge is -2.24. The maximum atomic E-state index is 12.3. The summed E-state index contributed by atoms with van der Waals surface area (Å²) in [5.74, 6) is 1.58. The third-order valence-corrected chi connectivity index (χ3v) is 4.06. The van der Waals surface area contributed by atoms with Crippen molar-refractivity contribution in [1.82, 2.24) is 19.9 Å². The minimum absolute atomic E-state index is 0.0483. The van der Waals surface area contributed by atoms with Gasteiger partial charge in [0.1, 0.15) is 18.0 Å². The van der Waals surface area contributed by atoms with Gasteiger partial charge in [0.15, 0.2) is 0 Å². The van der Waals surface area contributed by atoms with Gasteiger partial charge in [0.05, 0.1) is 16.9 Å². The molecule has 0 radical (unpaired) electrons. The Kier molecular flexibility index (Phi) is 3.07. The lowest BCUT2D eigenvalue weighted by molar-refractivity contribution is 0.661. The fourth-order valence-electron chi connectivity index (χ4n) is 3.04. The number of benzene rings is 1. The van der Waals surface area contributed by atoms with Crippen LogP contribution in [0.1, 0.15) is 24.7 Å². The third kappa shape index (κ3) is 2.13. The van der Waals surface area contributed by atoms with E-state index in [9.17, 15) is 4.79 Å². The van der Waals surface area contributed by atoms with Gasteiger partial charge in [-0.2, -0.15) is 0 Å². The maximum absolute atomic E-state index is 12.3. The van der Waals surface area contributed by atoms with Gasteiger partial charge in [-0.25, -0.2) is 15.0 Å². The predicted octanol–water partition coefficient (Wildman–Crippen LogP) is 2.05. The van der Waals surface area contributed by atoms with Crippen molar-refractivity contribution in [3.8, 4) is 0 Å². The minimum atomic E-state index is -0.0878. The monoisotopic (exact) mass is 293 g/mol. The van der Waals surface area contributed by atoms with Crippen LogP contribution in [0, 0.1) is 0 Å². The van der Waals surface area contributed by atoms with Gasteiger partial charge in [0, 0.05) is 12.7 Å². The van der Waals surface area contributed by atoms with Crippen molar-refractivity contribution < 1.29 is 0 Å². The fraction of sp³-hybridized carbons (Fsp3) is 0.250. The summed E-state index contributed by atoms with van der Waals surface area (Å²) in [6, 6.07) is 9.35. The molecule has 3 heterocycles.